The van der Waals surface area contributed by atoms with Gasteiger partial charge in [0.05, 0.1) is 10.7 Å². The molecule has 3 nitrogen and oxygen atoms in total. The summed E-state index contributed by atoms with van der Waals surface area (Å²) < 4.78 is 0. The summed E-state index contributed by atoms with van der Waals surface area (Å²) in [6.45, 7) is 6.70. The molecule has 0 bridgehead atoms. The summed E-state index contributed by atoms with van der Waals surface area (Å²) in [6.07, 6.45) is 2.72. The molecule has 1 atom stereocenters. The highest BCUT2D eigenvalue weighted by molar-refractivity contribution is 7.09. The number of aromatic nitrogens is 1. The van der Waals surface area contributed by atoms with Crippen molar-refractivity contribution in [3.63, 3.8) is 0 Å². The van der Waals surface area contributed by atoms with Crippen molar-refractivity contribution in [2.45, 2.75) is 38.3 Å². The Morgan fingerprint density at radius 1 is 1.56 bits per heavy atom. The van der Waals surface area contributed by atoms with Gasteiger partial charge in [0.2, 0.25) is 0 Å². The van der Waals surface area contributed by atoms with Gasteiger partial charge in [-0.1, -0.05) is 0 Å². The third kappa shape index (κ3) is 2.44. The van der Waals surface area contributed by atoms with Gasteiger partial charge < -0.3 is 5.32 Å². The molecule has 2 fully saturated rings. The normalized spacial score (nSPS) is 27.2. The number of thiazole rings is 1. The van der Waals surface area contributed by atoms with E-state index in [2.05, 4.69) is 22.5 Å². The van der Waals surface area contributed by atoms with Crippen LogP contribution in [-0.2, 0) is 6.54 Å². The molecule has 0 radical (unpaired) electrons. The van der Waals surface area contributed by atoms with E-state index < -0.39 is 0 Å². The first-order chi connectivity index (χ1) is 7.81. The number of hydrogen-bond donors (Lipinski definition) is 1. The van der Waals surface area contributed by atoms with E-state index in [4.69, 9.17) is 4.98 Å². The summed E-state index contributed by atoms with van der Waals surface area (Å²) in [7, 11) is 0. The molecule has 2 aliphatic rings. The molecule has 4 heteroatoms. The van der Waals surface area contributed by atoms with Gasteiger partial charge in [-0.3, -0.25) is 4.90 Å². The predicted molar refractivity (Wildman–Crippen MR) is 66.8 cm³/mol. The van der Waals surface area contributed by atoms with E-state index in [1.165, 1.54) is 23.5 Å². The molecule has 1 aliphatic heterocycles. The van der Waals surface area contributed by atoms with Gasteiger partial charge in [0.15, 0.2) is 0 Å². The zero-order chi connectivity index (χ0) is 11.0. The summed E-state index contributed by atoms with van der Waals surface area (Å²) in [5, 5.41) is 7.10. The fraction of sp³-hybridized carbons (Fsp3) is 0.750. The smallest absolute Gasteiger partial charge is 0.0959 e. The van der Waals surface area contributed by atoms with Gasteiger partial charge in [0.1, 0.15) is 0 Å². The molecule has 1 aliphatic carbocycles. The van der Waals surface area contributed by atoms with E-state index >= 15 is 0 Å². The third-order valence-electron chi connectivity index (χ3n) is 3.33. The van der Waals surface area contributed by atoms with Crippen LogP contribution in [0.2, 0.25) is 0 Å². The molecule has 1 N–H and O–H groups in total. The van der Waals surface area contributed by atoms with Gasteiger partial charge >= 0.3 is 0 Å². The lowest BCUT2D eigenvalue weighted by molar-refractivity contribution is 0.198. The largest absolute Gasteiger partial charge is 0.312 e. The maximum absolute atomic E-state index is 4.75. The Labute approximate surface area is 101 Å². The SMILES string of the molecule is C[C@@H]1CN(Cc2csc(C3CC3)n2)CCN1. The monoisotopic (exact) mass is 237 g/mol. The molecule has 88 valence electrons. The van der Waals surface area contributed by atoms with Crippen molar-refractivity contribution in [1.82, 2.24) is 15.2 Å². The molecule has 3 rings (SSSR count). The minimum Gasteiger partial charge on any atom is -0.312 e. The quantitative estimate of drug-likeness (QED) is 0.869. The van der Waals surface area contributed by atoms with E-state index in [0.29, 0.717) is 6.04 Å². The summed E-state index contributed by atoms with van der Waals surface area (Å²) in [4.78, 5) is 7.25. The molecule has 0 spiro atoms. The molecule has 0 unspecified atom stereocenters. The Bertz CT molecular complexity index is 359. The van der Waals surface area contributed by atoms with E-state index in [0.717, 1.165) is 32.1 Å². The molecule has 1 aromatic rings. The van der Waals surface area contributed by atoms with Gasteiger partial charge in [-0.05, 0) is 19.8 Å². The molecule has 0 aromatic carbocycles. The topological polar surface area (TPSA) is 28.2 Å². The van der Waals surface area contributed by atoms with Crippen molar-refractivity contribution in [3.8, 4) is 0 Å². The van der Waals surface area contributed by atoms with Gasteiger partial charge in [-0.2, -0.15) is 0 Å². The third-order valence-corrected chi connectivity index (χ3v) is 4.39. The second-order valence-electron chi connectivity index (χ2n) is 5.04. The molecule has 1 saturated heterocycles. The summed E-state index contributed by atoms with van der Waals surface area (Å²) in [5.41, 5.74) is 1.28. The summed E-state index contributed by atoms with van der Waals surface area (Å²) >= 11 is 1.86. The maximum atomic E-state index is 4.75. The number of nitrogens with one attached hydrogen (secondary N) is 1. The van der Waals surface area contributed by atoms with Gasteiger partial charge in [0, 0.05) is 43.5 Å². The van der Waals surface area contributed by atoms with E-state index in [9.17, 15) is 0 Å². The van der Waals surface area contributed by atoms with Crippen molar-refractivity contribution < 1.29 is 0 Å². The highest BCUT2D eigenvalue weighted by Gasteiger charge is 2.27. The van der Waals surface area contributed by atoms with Crippen LogP contribution >= 0.6 is 11.3 Å². The lowest BCUT2D eigenvalue weighted by Crippen LogP contribution is -2.48. The van der Waals surface area contributed by atoms with Crippen LogP contribution in [0.1, 0.15) is 36.4 Å². The minimum atomic E-state index is 0.621. The summed E-state index contributed by atoms with van der Waals surface area (Å²) in [5.74, 6) is 0.806. The fourth-order valence-electron chi connectivity index (χ4n) is 2.30. The maximum Gasteiger partial charge on any atom is 0.0959 e. The van der Waals surface area contributed by atoms with Crippen LogP contribution in [0, 0.1) is 0 Å². The average Bonchev–Trinajstić information content (AvgIpc) is 3.01. The predicted octanol–water partition coefficient (Wildman–Crippen LogP) is 1.81. The zero-order valence-corrected chi connectivity index (χ0v) is 10.6. The molecule has 2 heterocycles. The van der Waals surface area contributed by atoms with Crippen LogP contribution < -0.4 is 5.32 Å². The molecular formula is C12H19N3S. The number of hydrogen-bond acceptors (Lipinski definition) is 4. The Morgan fingerprint density at radius 3 is 3.19 bits per heavy atom. The highest BCUT2D eigenvalue weighted by atomic mass is 32.1. The lowest BCUT2D eigenvalue weighted by atomic mass is 10.2. The van der Waals surface area contributed by atoms with Gasteiger partial charge in [0.25, 0.3) is 0 Å². The fourth-order valence-corrected chi connectivity index (χ4v) is 3.28. The van der Waals surface area contributed by atoms with Crippen LogP contribution in [-0.4, -0.2) is 35.6 Å². The zero-order valence-electron chi connectivity index (χ0n) is 9.78. The van der Waals surface area contributed by atoms with Crippen LogP contribution in [0.3, 0.4) is 0 Å². The Hall–Kier alpha value is -0.450. The van der Waals surface area contributed by atoms with E-state index in [1.807, 2.05) is 11.3 Å². The van der Waals surface area contributed by atoms with Gasteiger partial charge in [-0.15, -0.1) is 11.3 Å². The van der Waals surface area contributed by atoms with Crippen LogP contribution in [0.15, 0.2) is 5.38 Å². The molecule has 1 aromatic heterocycles. The first-order valence-electron chi connectivity index (χ1n) is 6.21. The second kappa shape index (κ2) is 4.43. The first-order valence-corrected chi connectivity index (χ1v) is 7.09. The van der Waals surface area contributed by atoms with Crippen molar-refractivity contribution in [2.75, 3.05) is 19.6 Å². The van der Waals surface area contributed by atoms with Crippen LogP contribution in [0.5, 0.6) is 0 Å². The average molecular weight is 237 g/mol. The summed E-state index contributed by atoms with van der Waals surface area (Å²) in [6, 6.07) is 0.621. The van der Waals surface area contributed by atoms with E-state index in [-0.39, 0.29) is 0 Å². The van der Waals surface area contributed by atoms with Gasteiger partial charge in [-0.25, -0.2) is 4.98 Å². The molecule has 16 heavy (non-hydrogen) atoms. The molecule has 1 saturated carbocycles. The van der Waals surface area contributed by atoms with Crippen molar-refractivity contribution in [1.29, 1.82) is 0 Å². The van der Waals surface area contributed by atoms with Crippen LogP contribution in [0.25, 0.3) is 0 Å². The highest BCUT2D eigenvalue weighted by Crippen LogP contribution is 2.41. The Morgan fingerprint density at radius 2 is 2.44 bits per heavy atom. The Balaban J connectivity index is 1.59. The van der Waals surface area contributed by atoms with Crippen molar-refractivity contribution >= 4 is 11.3 Å². The minimum absolute atomic E-state index is 0.621. The number of rotatable bonds is 3. The van der Waals surface area contributed by atoms with E-state index in [1.54, 1.807) is 0 Å². The van der Waals surface area contributed by atoms with Crippen LogP contribution in [0.4, 0.5) is 0 Å². The molecular weight excluding hydrogens is 218 g/mol. The molecule has 0 amide bonds. The standard InChI is InChI=1S/C12H19N3S/c1-9-6-15(5-4-13-9)7-11-8-16-12(14-11)10-2-3-10/h8-10,13H,2-7H2,1H3/t9-/m1/s1. The van der Waals surface area contributed by atoms with Crippen molar-refractivity contribution in [3.05, 3.63) is 16.1 Å². The first kappa shape index (κ1) is 10.7. The second-order valence-corrected chi connectivity index (χ2v) is 5.93. The Kier molecular flexibility index (Phi) is 2.96. The number of nitrogens with zero attached hydrogens (tertiary/aromatic N) is 2. The number of piperazine rings is 1. The lowest BCUT2D eigenvalue weighted by Gasteiger charge is -2.31. The van der Waals surface area contributed by atoms with Crippen molar-refractivity contribution in [2.24, 2.45) is 0 Å².